The van der Waals surface area contributed by atoms with E-state index in [4.69, 9.17) is 0 Å². The molecule has 3 unspecified atom stereocenters. The highest BCUT2D eigenvalue weighted by Gasteiger charge is 2.29. The molecule has 16 heavy (non-hydrogen) atoms. The van der Waals surface area contributed by atoms with Gasteiger partial charge in [0, 0.05) is 41.4 Å². The monoisotopic (exact) mass is 244 g/mol. The molecule has 3 nitrogen and oxygen atoms in total. The van der Waals surface area contributed by atoms with Crippen molar-refractivity contribution >= 4 is 10.8 Å². The van der Waals surface area contributed by atoms with E-state index in [1.165, 1.54) is 45.4 Å². The molecular formula is C12H24N2OS. The number of rotatable bonds is 3. The van der Waals surface area contributed by atoms with Gasteiger partial charge in [-0.25, -0.2) is 0 Å². The Labute approximate surface area is 102 Å². The predicted molar refractivity (Wildman–Crippen MR) is 69.2 cm³/mol. The Hall–Kier alpha value is 0.0700. The molecule has 4 heteroatoms. The van der Waals surface area contributed by atoms with Crippen LogP contribution in [0.15, 0.2) is 0 Å². The molecule has 2 aliphatic rings. The number of nitrogens with zero attached hydrogens (tertiary/aromatic N) is 2. The van der Waals surface area contributed by atoms with Crippen LogP contribution in [0.5, 0.6) is 0 Å². The molecule has 2 aliphatic heterocycles. The summed E-state index contributed by atoms with van der Waals surface area (Å²) in [7, 11) is -0.679. The first kappa shape index (κ1) is 12.5. The van der Waals surface area contributed by atoms with Crippen LogP contribution in [0.2, 0.25) is 0 Å². The molecule has 3 atom stereocenters. The van der Waals surface area contributed by atoms with Crippen molar-refractivity contribution in [3.05, 3.63) is 0 Å². The topological polar surface area (TPSA) is 23.6 Å². The predicted octanol–water partition coefficient (Wildman–Crippen LogP) is 0.923. The van der Waals surface area contributed by atoms with Gasteiger partial charge in [0.05, 0.1) is 0 Å². The SMILES string of the molecule is CC(CN1CCCN2CCCC2C1)S(C)=O. The Morgan fingerprint density at radius 1 is 1.31 bits per heavy atom. The van der Waals surface area contributed by atoms with Gasteiger partial charge in [-0.05, 0) is 45.8 Å². The van der Waals surface area contributed by atoms with Crippen molar-refractivity contribution in [2.24, 2.45) is 0 Å². The van der Waals surface area contributed by atoms with Gasteiger partial charge in [0.15, 0.2) is 0 Å². The maximum absolute atomic E-state index is 11.4. The highest BCUT2D eigenvalue weighted by molar-refractivity contribution is 7.84. The van der Waals surface area contributed by atoms with Crippen LogP contribution in [0.4, 0.5) is 0 Å². The lowest BCUT2D eigenvalue weighted by molar-refractivity contribution is 0.221. The van der Waals surface area contributed by atoms with E-state index in [9.17, 15) is 4.21 Å². The molecule has 94 valence electrons. The maximum atomic E-state index is 11.4. The first-order valence-corrected chi connectivity index (χ1v) is 8.07. The Morgan fingerprint density at radius 2 is 2.06 bits per heavy atom. The molecule has 0 aromatic heterocycles. The van der Waals surface area contributed by atoms with E-state index in [1.54, 1.807) is 0 Å². The van der Waals surface area contributed by atoms with Gasteiger partial charge in [0.25, 0.3) is 0 Å². The van der Waals surface area contributed by atoms with Gasteiger partial charge < -0.3 is 4.90 Å². The molecule has 0 bridgehead atoms. The lowest BCUT2D eigenvalue weighted by Crippen LogP contribution is -2.40. The third-order valence-electron chi connectivity index (χ3n) is 3.97. The number of hydrogen-bond acceptors (Lipinski definition) is 3. The van der Waals surface area contributed by atoms with Crippen LogP contribution in [0.3, 0.4) is 0 Å². The van der Waals surface area contributed by atoms with Gasteiger partial charge in [-0.3, -0.25) is 9.11 Å². The largest absolute Gasteiger partial charge is 0.301 e. The summed E-state index contributed by atoms with van der Waals surface area (Å²) in [5.74, 6) is 0. The zero-order valence-corrected chi connectivity index (χ0v) is 11.3. The van der Waals surface area contributed by atoms with Crippen molar-refractivity contribution < 1.29 is 4.21 Å². The highest BCUT2D eigenvalue weighted by atomic mass is 32.2. The van der Waals surface area contributed by atoms with Gasteiger partial charge >= 0.3 is 0 Å². The molecule has 0 aromatic carbocycles. The molecule has 0 saturated carbocycles. The summed E-state index contributed by atoms with van der Waals surface area (Å²) in [6.45, 7) is 8.06. The van der Waals surface area contributed by atoms with Gasteiger partial charge in [-0.2, -0.15) is 0 Å². The Balaban J connectivity index is 1.88. The molecule has 0 aliphatic carbocycles. The second-order valence-electron chi connectivity index (χ2n) is 5.25. The second kappa shape index (κ2) is 5.61. The summed E-state index contributed by atoms with van der Waals surface area (Å²) in [4.78, 5) is 5.18. The van der Waals surface area contributed by atoms with Crippen LogP contribution >= 0.6 is 0 Å². The van der Waals surface area contributed by atoms with Crippen molar-refractivity contribution in [3.63, 3.8) is 0 Å². The zero-order valence-electron chi connectivity index (χ0n) is 10.5. The average Bonchev–Trinajstić information content (AvgIpc) is 2.57. The Morgan fingerprint density at radius 3 is 2.81 bits per heavy atom. The van der Waals surface area contributed by atoms with E-state index in [1.807, 2.05) is 6.26 Å². The highest BCUT2D eigenvalue weighted by Crippen LogP contribution is 2.21. The molecule has 0 N–H and O–H groups in total. The van der Waals surface area contributed by atoms with E-state index in [-0.39, 0.29) is 0 Å². The van der Waals surface area contributed by atoms with E-state index in [2.05, 4.69) is 16.7 Å². The van der Waals surface area contributed by atoms with Gasteiger partial charge in [0.2, 0.25) is 0 Å². The third-order valence-corrected chi connectivity index (χ3v) is 5.25. The minimum Gasteiger partial charge on any atom is -0.301 e. The van der Waals surface area contributed by atoms with Gasteiger partial charge in [0.1, 0.15) is 0 Å². The molecule has 0 spiro atoms. The lowest BCUT2D eigenvalue weighted by atomic mass is 10.2. The minimum absolute atomic E-state index is 0.313. The fourth-order valence-corrected chi connectivity index (χ4v) is 3.34. The second-order valence-corrected chi connectivity index (χ2v) is 7.06. The van der Waals surface area contributed by atoms with Crippen LogP contribution in [0.1, 0.15) is 26.2 Å². The summed E-state index contributed by atoms with van der Waals surface area (Å²) >= 11 is 0. The minimum atomic E-state index is -0.679. The molecule has 2 fully saturated rings. The van der Waals surface area contributed by atoms with Crippen molar-refractivity contribution in [2.75, 3.05) is 39.0 Å². The quantitative estimate of drug-likeness (QED) is 0.738. The lowest BCUT2D eigenvalue weighted by Gasteiger charge is -2.27. The van der Waals surface area contributed by atoms with Gasteiger partial charge in [-0.15, -0.1) is 0 Å². The molecule has 0 amide bonds. The molecule has 0 aromatic rings. The van der Waals surface area contributed by atoms with E-state index in [0.29, 0.717) is 5.25 Å². The summed E-state index contributed by atoms with van der Waals surface area (Å²) in [5, 5.41) is 0.313. The van der Waals surface area contributed by atoms with Crippen LogP contribution < -0.4 is 0 Å². The molecule has 2 rings (SSSR count). The van der Waals surface area contributed by atoms with E-state index < -0.39 is 10.8 Å². The molecule has 2 saturated heterocycles. The number of fused-ring (bicyclic) bond motifs is 1. The van der Waals surface area contributed by atoms with Crippen molar-refractivity contribution in [2.45, 2.75) is 37.5 Å². The van der Waals surface area contributed by atoms with Crippen LogP contribution in [0.25, 0.3) is 0 Å². The van der Waals surface area contributed by atoms with Crippen LogP contribution in [-0.4, -0.2) is 64.3 Å². The van der Waals surface area contributed by atoms with Crippen molar-refractivity contribution in [3.8, 4) is 0 Å². The standard InChI is InChI=1S/C12H24N2OS/c1-11(16(2)15)9-13-6-4-8-14-7-3-5-12(14)10-13/h11-12H,3-10H2,1-2H3. The summed E-state index contributed by atoms with van der Waals surface area (Å²) in [6.07, 6.45) is 5.83. The van der Waals surface area contributed by atoms with Crippen molar-refractivity contribution in [1.29, 1.82) is 0 Å². The summed E-state index contributed by atoms with van der Waals surface area (Å²) < 4.78 is 11.4. The van der Waals surface area contributed by atoms with Crippen LogP contribution in [0, 0.1) is 0 Å². The van der Waals surface area contributed by atoms with Gasteiger partial charge in [-0.1, -0.05) is 0 Å². The van der Waals surface area contributed by atoms with E-state index >= 15 is 0 Å². The van der Waals surface area contributed by atoms with E-state index in [0.717, 1.165) is 12.6 Å². The molecule has 2 heterocycles. The average molecular weight is 244 g/mol. The summed E-state index contributed by atoms with van der Waals surface area (Å²) in [5.41, 5.74) is 0. The van der Waals surface area contributed by atoms with Crippen LogP contribution in [-0.2, 0) is 10.8 Å². The summed E-state index contributed by atoms with van der Waals surface area (Å²) in [6, 6.07) is 0.778. The molecular weight excluding hydrogens is 220 g/mol. The number of hydrogen-bond donors (Lipinski definition) is 0. The smallest absolute Gasteiger partial charge is 0.0444 e. The Kier molecular flexibility index (Phi) is 4.39. The third kappa shape index (κ3) is 3.05. The zero-order chi connectivity index (χ0) is 11.5. The normalized spacial score (nSPS) is 32.0. The Bertz CT molecular complexity index is 259. The fraction of sp³-hybridized carbons (Fsp3) is 1.00. The first-order valence-electron chi connectivity index (χ1n) is 6.45. The fourth-order valence-electron chi connectivity index (χ4n) is 2.92. The van der Waals surface area contributed by atoms with Crippen molar-refractivity contribution in [1.82, 2.24) is 9.80 Å². The maximum Gasteiger partial charge on any atom is 0.0444 e. The first-order chi connectivity index (χ1) is 7.66. The molecule has 0 radical (unpaired) electrons.